The number of fused-ring (bicyclic) bond motifs is 2. The van der Waals surface area contributed by atoms with Gasteiger partial charge in [-0.1, -0.05) is 0 Å². The number of carbonyl (C=O) groups excluding carboxylic acids is 1. The second-order valence-corrected chi connectivity index (χ2v) is 8.53. The number of carbonyl (C=O) groups is 1. The number of benzene rings is 1. The topological polar surface area (TPSA) is 111 Å². The number of aromatic amines is 1. The van der Waals surface area contributed by atoms with E-state index < -0.39 is 5.69 Å². The summed E-state index contributed by atoms with van der Waals surface area (Å²) in [4.78, 5) is 45.3. The van der Waals surface area contributed by atoms with E-state index in [0.717, 1.165) is 37.9 Å². The predicted molar refractivity (Wildman–Crippen MR) is 132 cm³/mol. The Morgan fingerprint density at radius 3 is 2.65 bits per heavy atom. The largest absolute Gasteiger partial charge is 0.497 e. The van der Waals surface area contributed by atoms with Gasteiger partial charge in [0.2, 0.25) is 5.91 Å². The van der Waals surface area contributed by atoms with Crippen molar-refractivity contribution in [1.29, 1.82) is 0 Å². The first-order valence-corrected chi connectivity index (χ1v) is 11.2. The van der Waals surface area contributed by atoms with Crippen LogP contribution in [-0.2, 0) is 31.7 Å². The Hall–Kier alpha value is -3.88. The summed E-state index contributed by atoms with van der Waals surface area (Å²) in [6, 6.07) is 5.87. The second kappa shape index (κ2) is 9.17. The van der Waals surface area contributed by atoms with Gasteiger partial charge in [-0.15, -0.1) is 0 Å². The Kier molecular flexibility index (Phi) is 6.28. The van der Waals surface area contributed by atoms with E-state index in [-0.39, 0.29) is 17.9 Å². The van der Waals surface area contributed by atoms with Crippen LogP contribution in [0.15, 0.2) is 34.0 Å². The number of aromatic nitrogens is 4. The molecular weight excluding hydrogens is 434 g/mol. The summed E-state index contributed by atoms with van der Waals surface area (Å²) in [6.45, 7) is 4.20. The lowest BCUT2D eigenvalue weighted by atomic mass is 10.00. The van der Waals surface area contributed by atoms with Crippen LogP contribution < -0.4 is 21.3 Å². The molecule has 0 aliphatic carbocycles. The van der Waals surface area contributed by atoms with Gasteiger partial charge in [0.05, 0.1) is 12.5 Å². The number of nitrogens with zero attached hydrogens (tertiary/aromatic N) is 3. The molecule has 178 valence electrons. The molecule has 0 radical (unpaired) electrons. The minimum absolute atomic E-state index is 0.0651. The quantitative estimate of drug-likeness (QED) is 0.436. The minimum atomic E-state index is -0.412. The Balaban J connectivity index is 1.45. The molecule has 2 N–H and O–H groups in total. The van der Waals surface area contributed by atoms with Gasteiger partial charge in [0, 0.05) is 49.9 Å². The standard InChI is InChI=1S/C25H29N5O4/c1-14-18(15(2)28-23-22(14)24(32)30(4)25(33)29(23)3)7-9-21(31)26-11-10-16-13-27-20-8-6-17(34-5)12-19(16)20/h6,8,12-13,27H,7,9-11H2,1-5H3,(H,26,31). The lowest BCUT2D eigenvalue weighted by Crippen LogP contribution is -2.38. The summed E-state index contributed by atoms with van der Waals surface area (Å²) >= 11 is 0. The first-order chi connectivity index (χ1) is 16.2. The van der Waals surface area contributed by atoms with E-state index in [9.17, 15) is 14.4 Å². The lowest BCUT2D eigenvalue weighted by Gasteiger charge is -2.14. The van der Waals surface area contributed by atoms with Gasteiger partial charge in [-0.25, -0.2) is 9.78 Å². The van der Waals surface area contributed by atoms with Crippen LogP contribution in [0.3, 0.4) is 0 Å². The fourth-order valence-corrected chi connectivity index (χ4v) is 4.46. The van der Waals surface area contributed by atoms with Crippen LogP contribution >= 0.6 is 0 Å². The molecule has 9 heteroatoms. The Labute approximate surface area is 196 Å². The third-order valence-electron chi connectivity index (χ3n) is 6.46. The molecule has 0 aliphatic rings. The van der Waals surface area contributed by atoms with Crippen LogP contribution in [0, 0.1) is 13.8 Å². The zero-order valence-corrected chi connectivity index (χ0v) is 20.1. The van der Waals surface area contributed by atoms with E-state index in [2.05, 4.69) is 15.3 Å². The highest BCUT2D eigenvalue weighted by Gasteiger charge is 2.17. The van der Waals surface area contributed by atoms with Gasteiger partial charge in [-0.05, 0) is 61.6 Å². The average Bonchev–Trinajstić information content (AvgIpc) is 3.22. The van der Waals surface area contributed by atoms with Crippen LogP contribution in [-0.4, -0.2) is 38.7 Å². The zero-order chi connectivity index (χ0) is 24.6. The molecule has 4 rings (SSSR count). The number of nitrogens with one attached hydrogen (secondary N) is 2. The number of ether oxygens (including phenoxy) is 1. The molecule has 1 aromatic carbocycles. The van der Waals surface area contributed by atoms with E-state index in [1.807, 2.05) is 38.2 Å². The molecule has 4 aromatic rings. The minimum Gasteiger partial charge on any atom is -0.497 e. The maximum absolute atomic E-state index is 12.7. The van der Waals surface area contributed by atoms with Crippen molar-refractivity contribution in [3.63, 3.8) is 0 Å². The van der Waals surface area contributed by atoms with E-state index in [4.69, 9.17) is 4.74 Å². The van der Waals surface area contributed by atoms with Gasteiger partial charge in [-0.2, -0.15) is 0 Å². The number of methoxy groups -OCH3 is 1. The van der Waals surface area contributed by atoms with Crippen molar-refractivity contribution in [1.82, 2.24) is 24.4 Å². The number of H-pyrrole nitrogens is 1. The maximum Gasteiger partial charge on any atom is 0.332 e. The SMILES string of the molecule is COc1ccc2[nH]cc(CCNC(=O)CCc3c(C)nc4c(c3C)c(=O)n(C)c(=O)n4C)c2c1. The van der Waals surface area contributed by atoms with E-state index in [1.54, 1.807) is 14.2 Å². The van der Waals surface area contributed by atoms with E-state index in [1.165, 1.54) is 11.6 Å². The number of rotatable bonds is 7. The second-order valence-electron chi connectivity index (χ2n) is 8.53. The highest BCUT2D eigenvalue weighted by atomic mass is 16.5. The number of amides is 1. The summed E-state index contributed by atoms with van der Waals surface area (Å²) in [6.07, 6.45) is 3.39. The molecule has 3 aromatic heterocycles. The third kappa shape index (κ3) is 4.09. The number of hydrogen-bond acceptors (Lipinski definition) is 5. The molecule has 0 aliphatic heterocycles. The normalized spacial score (nSPS) is 11.3. The molecule has 0 saturated heterocycles. The van der Waals surface area contributed by atoms with Gasteiger partial charge in [0.15, 0.2) is 0 Å². The summed E-state index contributed by atoms with van der Waals surface area (Å²) in [5.41, 5.74) is 4.07. The zero-order valence-electron chi connectivity index (χ0n) is 20.1. The molecule has 0 fully saturated rings. The molecule has 1 amide bonds. The fourth-order valence-electron chi connectivity index (χ4n) is 4.46. The van der Waals surface area contributed by atoms with Crippen molar-refractivity contribution >= 4 is 27.8 Å². The van der Waals surface area contributed by atoms with Crippen LogP contribution in [0.4, 0.5) is 0 Å². The Morgan fingerprint density at radius 1 is 1.15 bits per heavy atom. The van der Waals surface area contributed by atoms with Gasteiger partial charge >= 0.3 is 5.69 Å². The molecule has 9 nitrogen and oxygen atoms in total. The molecule has 0 unspecified atom stereocenters. The highest BCUT2D eigenvalue weighted by molar-refractivity contribution is 5.85. The van der Waals surface area contributed by atoms with E-state index in [0.29, 0.717) is 36.1 Å². The summed E-state index contributed by atoms with van der Waals surface area (Å²) in [5, 5.41) is 4.48. The summed E-state index contributed by atoms with van der Waals surface area (Å²) in [7, 11) is 4.70. The van der Waals surface area contributed by atoms with Crippen LogP contribution in [0.25, 0.3) is 21.9 Å². The first kappa shape index (κ1) is 23.3. The van der Waals surface area contributed by atoms with Gasteiger partial charge in [0.25, 0.3) is 5.56 Å². The monoisotopic (exact) mass is 463 g/mol. The van der Waals surface area contributed by atoms with Crippen LogP contribution in [0.2, 0.25) is 0 Å². The van der Waals surface area contributed by atoms with Gasteiger partial charge in [0.1, 0.15) is 11.4 Å². The lowest BCUT2D eigenvalue weighted by molar-refractivity contribution is -0.121. The van der Waals surface area contributed by atoms with Crippen molar-refractivity contribution in [2.24, 2.45) is 14.1 Å². The molecular formula is C25H29N5O4. The predicted octanol–water partition coefficient (Wildman–Crippen LogP) is 2.03. The van der Waals surface area contributed by atoms with Crippen LogP contribution in [0.1, 0.15) is 28.8 Å². The molecule has 34 heavy (non-hydrogen) atoms. The molecule has 0 saturated carbocycles. The molecule has 0 bridgehead atoms. The van der Waals surface area contributed by atoms with Crippen molar-refractivity contribution in [3.8, 4) is 5.75 Å². The first-order valence-electron chi connectivity index (χ1n) is 11.2. The average molecular weight is 464 g/mol. The smallest absolute Gasteiger partial charge is 0.332 e. The number of pyridine rings is 1. The third-order valence-corrected chi connectivity index (χ3v) is 6.46. The summed E-state index contributed by atoms with van der Waals surface area (Å²) in [5.74, 6) is 0.728. The molecule has 3 heterocycles. The highest BCUT2D eigenvalue weighted by Crippen LogP contribution is 2.24. The van der Waals surface area contributed by atoms with Crippen molar-refractivity contribution in [2.45, 2.75) is 33.1 Å². The van der Waals surface area contributed by atoms with Crippen molar-refractivity contribution < 1.29 is 9.53 Å². The van der Waals surface area contributed by atoms with Crippen molar-refractivity contribution in [3.05, 3.63) is 67.6 Å². The number of aryl methyl sites for hydroxylation is 3. The fraction of sp³-hybridized carbons (Fsp3) is 0.360. The Bertz CT molecular complexity index is 1530. The molecule has 0 atom stereocenters. The van der Waals surface area contributed by atoms with Gasteiger partial charge < -0.3 is 15.0 Å². The number of hydrogen-bond donors (Lipinski definition) is 2. The summed E-state index contributed by atoms with van der Waals surface area (Å²) < 4.78 is 7.78. The van der Waals surface area contributed by atoms with E-state index >= 15 is 0 Å². The van der Waals surface area contributed by atoms with Crippen molar-refractivity contribution in [2.75, 3.05) is 13.7 Å². The van der Waals surface area contributed by atoms with Crippen LogP contribution in [0.5, 0.6) is 5.75 Å². The van der Waals surface area contributed by atoms with Gasteiger partial charge in [-0.3, -0.25) is 18.7 Å². The Morgan fingerprint density at radius 2 is 1.91 bits per heavy atom. The maximum atomic E-state index is 12.7. The molecule has 0 spiro atoms.